The molecular formula is C10H15BrN2O. The number of benzene rings is 1. The monoisotopic (exact) mass is 258 g/mol. The van der Waals surface area contributed by atoms with Crippen molar-refractivity contribution in [3.8, 4) is 0 Å². The summed E-state index contributed by atoms with van der Waals surface area (Å²) in [7, 11) is 3.91. The molecule has 0 fully saturated rings. The Labute approximate surface area is 92.7 Å². The zero-order valence-electron chi connectivity index (χ0n) is 8.37. The molecule has 1 rings (SSSR count). The number of rotatable bonds is 3. The van der Waals surface area contributed by atoms with Crippen LogP contribution in [0.25, 0.3) is 0 Å². The van der Waals surface area contributed by atoms with Gasteiger partial charge in [0.25, 0.3) is 0 Å². The van der Waals surface area contributed by atoms with E-state index in [0.717, 1.165) is 15.7 Å². The van der Waals surface area contributed by atoms with E-state index in [9.17, 15) is 5.11 Å². The smallest absolute Gasteiger partial charge is 0.0912 e. The highest BCUT2D eigenvalue weighted by molar-refractivity contribution is 9.10. The molecule has 0 amide bonds. The number of hydrogen-bond donors (Lipinski definition) is 2. The predicted molar refractivity (Wildman–Crippen MR) is 62.5 cm³/mol. The van der Waals surface area contributed by atoms with Crippen molar-refractivity contribution in [3.63, 3.8) is 0 Å². The SMILES string of the molecule is CN(C)c1cc(C(O)CN)ccc1Br. The minimum absolute atomic E-state index is 0.245. The molecule has 78 valence electrons. The largest absolute Gasteiger partial charge is 0.387 e. The molecule has 14 heavy (non-hydrogen) atoms. The molecule has 0 aliphatic carbocycles. The summed E-state index contributed by atoms with van der Waals surface area (Å²) in [6.45, 7) is 0.245. The van der Waals surface area contributed by atoms with Gasteiger partial charge in [0.2, 0.25) is 0 Å². The number of nitrogens with zero attached hydrogens (tertiary/aromatic N) is 1. The van der Waals surface area contributed by atoms with Gasteiger partial charge in [0.15, 0.2) is 0 Å². The van der Waals surface area contributed by atoms with E-state index in [0.29, 0.717) is 0 Å². The molecule has 3 nitrogen and oxygen atoms in total. The first kappa shape index (κ1) is 11.5. The molecule has 0 heterocycles. The summed E-state index contributed by atoms with van der Waals surface area (Å²) in [5.74, 6) is 0. The first-order valence-electron chi connectivity index (χ1n) is 4.41. The zero-order valence-corrected chi connectivity index (χ0v) is 9.95. The van der Waals surface area contributed by atoms with E-state index < -0.39 is 6.10 Å². The number of nitrogens with two attached hydrogens (primary N) is 1. The van der Waals surface area contributed by atoms with Gasteiger partial charge in [-0.25, -0.2) is 0 Å². The van der Waals surface area contributed by atoms with E-state index in [2.05, 4.69) is 15.9 Å². The number of halogens is 1. The Balaban J connectivity index is 3.06. The third kappa shape index (κ3) is 2.47. The van der Waals surface area contributed by atoms with Gasteiger partial charge in [-0.15, -0.1) is 0 Å². The fourth-order valence-corrected chi connectivity index (χ4v) is 1.82. The van der Waals surface area contributed by atoms with Gasteiger partial charge < -0.3 is 15.7 Å². The Morgan fingerprint density at radius 1 is 1.50 bits per heavy atom. The van der Waals surface area contributed by atoms with Crippen LogP contribution in [0.4, 0.5) is 5.69 Å². The number of aliphatic hydroxyl groups excluding tert-OH is 1. The number of anilines is 1. The van der Waals surface area contributed by atoms with E-state index in [1.165, 1.54) is 0 Å². The van der Waals surface area contributed by atoms with Crippen molar-refractivity contribution in [2.24, 2.45) is 5.73 Å². The molecule has 0 aliphatic rings. The second kappa shape index (κ2) is 4.77. The summed E-state index contributed by atoms with van der Waals surface area (Å²) in [6.07, 6.45) is -0.582. The van der Waals surface area contributed by atoms with Crippen LogP contribution in [-0.4, -0.2) is 25.7 Å². The lowest BCUT2D eigenvalue weighted by atomic mass is 10.1. The Bertz CT molecular complexity index is 315. The van der Waals surface area contributed by atoms with E-state index in [1.807, 2.05) is 37.2 Å². The second-order valence-corrected chi connectivity index (χ2v) is 4.21. The Morgan fingerprint density at radius 3 is 2.64 bits per heavy atom. The van der Waals surface area contributed by atoms with Crippen LogP contribution in [0.1, 0.15) is 11.7 Å². The predicted octanol–water partition coefficient (Wildman–Crippen LogP) is 1.51. The maximum absolute atomic E-state index is 9.57. The highest BCUT2D eigenvalue weighted by atomic mass is 79.9. The lowest BCUT2D eigenvalue weighted by molar-refractivity contribution is 0.187. The zero-order chi connectivity index (χ0) is 10.7. The molecule has 1 atom stereocenters. The molecule has 0 aromatic heterocycles. The van der Waals surface area contributed by atoms with Crippen molar-refractivity contribution in [3.05, 3.63) is 28.2 Å². The lowest BCUT2D eigenvalue weighted by Crippen LogP contribution is -2.14. The van der Waals surface area contributed by atoms with E-state index in [4.69, 9.17) is 5.73 Å². The first-order chi connectivity index (χ1) is 6.56. The Morgan fingerprint density at radius 2 is 2.14 bits per heavy atom. The van der Waals surface area contributed by atoms with Crippen LogP contribution < -0.4 is 10.6 Å². The Kier molecular flexibility index (Phi) is 3.92. The molecule has 0 radical (unpaired) electrons. The average Bonchev–Trinajstić information content (AvgIpc) is 2.17. The van der Waals surface area contributed by atoms with E-state index >= 15 is 0 Å². The maximum atomic E-state index is 9.57. The minimum Gasteiger partial charge on any atom is -0.387 e. The van der Waals surface area contributed by atoms with Crippen LogP contribution in [0.3, 0.4) is 0 Å². The third-order valence-electron chi connectivity index (χ3n) is 2.06. The molecule has 0 saturated heterocycles. The molecule has 4 heteroatoms. The summed E-state index contributed by atoms with van der Waals surface area (Å²) in [5, 5.41) is 9.57. The van der Waals surface area contributed by atoms with Crippen molar-refractivity contribution in [1.82, 2.24) is 0 Å². The van der Waals surface area contributed by atoms with Gasteiger partial charge in [0.1, 0.15) is 0 Å². The van der Waals surface area contributed by atoms with Crippen molar-refractivity contribution in [2.45, 2.75) is 6.10 Å². The topological polar surface area (TPSA) is 49.5 Å². The molecule has 3 N–H and O–H groups in total. The molecule has 0 spiro atoms. The van der Waals surface area contributed by atoms with Crippen molar-refractivity contribution in [2.75, 3.05) is 25.5 Å². The third-order valence-corrected chi connectivity index (χ3v) is 2.73. The van der Waals surface area contributed by atoms with Crippen LogP contribution in [0, 0.1) is 0 Å². The summed E-state index contributed by atoms with van der Waals surface area (Å²) in [6, 6.07) is 5.72. The van der Waals surface area contributed by atoms with Gasteiger partial charge >= 0.3 is 0 Å². The standard InChI is InChI=1S/C10H15BrN2O/c1-13(2)9-5-7(10(14)6-12)3-4-8(9)11/h3-5,10,14H,6,12H2,1-2H3. The Hall–Kier alpha value is -0.580. The summed E-state index contributed by atoms with van der Waals surface area (Å²) in [4.78, 5) is 1.98. The van der Waals surface area contributed by atoms with Gasteiger partial charge in [0, 0.05) is 25.1 Å². The molecule has 0 saturated carbocycles. The molecule has 0 bridgehead atoms. The van der Waals surface area contributed by atoms with Crippen LogP contribution in [0.15, 0.2) is 22.7 Å². The molecule has 1 unspecified atom stereocenters. The summed E-state index contributed by atoms with van der Waals surface area (Å²) in [5.41, 5.74) is 7.28. The van der Waals surface area contributed by atoms with Crippen LogP contribution in [0.5, 0.6) is 0 Å². The highest BCUT2D eigenvalue weighted by Gasteiger charge is 2.08. The molecule has 1 aromatic rings. The van der Waals surface area contributed by atoms with E-state index in [-0.39, 0.29) is 6.54 Å². The molecule has 0 aliphatic heterocycles. The maximum Gasteiger partial charge on any atom is 0.0912 e. The van der Waals surface area contributed by atoms with Crippen LogP contribution in [0.2, 0.25) is 0 Å². The van der Waals surface area contributed by atoms with Gasteiger partial charge in [-0.3, -0.25) is 0 Å². The minimum atomic E-state index is -0.582. The summed E-state index contributed by atoms with van der Waals surface area (Å²) >= 11 is 3.45. The van der Waals surface area contributed by atoms with Crippen molar-refractivity contribution in [1.29, 1.82) is 0 Å². The van der Waals surface area contributed by atoms with Crippen molar-refractivity contribution >= 4 is 21.6 Å². The lowest BCUT2D eigenvalue weighted by Gasteiger charge is -2.17. The van der Waals surface area contributed by atoms with Gasteiger partial charge in [-0.05, 0) is 33.6 Å². The first-order valence-corrected chi connectivity index (χ1v) is 5.20. The van der Waals surface area contributed by atoms with Gasteiger partial charge in [-0.1, -0.05) is 6.07 Å². The van der Waals surface area contributed by atoms with E-state index in [1.54, 1.807) is 0 Å². The highest BCUT2D eigenvalue weighted by Crippen LogP contribution is 2.27. The fourth-order valence-electron chi connectivity index (χ4n) is 1.22. The molecular weight excluding hydrogens is 244 g/mol. The number of aliphatic hydroxyl groups is 1. The quantitative estimate of drug-likeness (QED) is 0.865. The number of hydrogen-bond acceptors (Lipinski definition) is 3. The normalized spacial score (nSPS) is 12.6. The van der Waals surface area contributed by atoms with Gasteiger partial charge in [0.05, 0.1) is 11.8 Å². The van der Waals surface area contributed by atoms with Crippen molar-refractivity contribution < 1.29 is 5.11 Å². The van der Waals surface area contributed by atoms with Gasteiger partial charge in [-0.2, -0.15) is 0 Å². The fraction of sp³-hybridized carbons (Fsp3) is 0.400. The van der Waals surface area contributed by atoms with Crippen LogP contribution >= 0.6 is 15.9 Å². The second-order valence-electron chi connectivity index (χ2n) is 3.36. The van der Waals surface area contributed by atoms with Crippen LogP contribution in [-0.2, 0) is 0 Å². The summed E-state index contributed by atoms with van der Waals surface area (Å²) < 4.78 is 1.01. The molecule has 1 aromatic carbocycles. The average molecular weight is 259 g/mol.